The first kappa shape index (κ1) is 13.3. The Hall–Kier alpha value is -2.10. The van der Waals surface area contributed by atoms with Crippen molar-refractivity contribution in [1.82, 2.24) is 0 Å². The quantitative estimate of drug-likeness (QED) is 0.829. The minimum Gasteiger partial charge on any atom is -0.492 e. The smallest absolute Gasteiger partial charge is 0.152 e. The number of para-hydroxylation sites is 1. The molecule has 0 radical (unpaired) electrons. The van der Waals surface area contributed by atoms with Gasteiger partial charge in [-0.15, -0.1) is 0 Å². The summed E-state index contributed by atoms with van der Waals surface area (Å²) in [6, 6.07) is 11.9. The molecular weight excluding hydrogens is 248 g/mol. The summed E-state index contributed by atoms with van der Waals surface area (Å²) in [6.07, 6.45) is 0. The minimum atomic E-state index is -0.595. The molecule has 0 aromatic heterocycles. The molecule has 0 aliphatic rings. The lowest BCUT2D eigenvalue weighted by atomic mass is 10.2. The second-order valence-electron chi connectivity index (χ2n) is 4.14. The highest BCUT2D eigenvalue weighted by Gasteiger charge is 2.10. The molecule has 0 bridgehead atoms. The van der Waals surface area contributed by atoms with Gasteiger partial charge in [-0.3, -0.25) is 0 Å². The van der Waals surface area contributed by atoms with Gasteiger partial charge in [0.15, 0.2) is 5.82 Å². The van der Waals surface area contributed by atoms with Crippen molar-refractivity contribution >= 4 is 5.69 Å². The predicted molar refractivity (Wildman–Crippen MR) is 71.5 cm³/mol. The molecule has 100 valence electrons. The maximum Gasteiger partial charge on any atom is 0.152 e. The standard InChI is InChI=1S/C15H15F2NO/c1-11-7-8-13(16)15(14(11)17)18-9-10-19-12-5-3-2-4-6-12/h2-8,18H,9-10H2,1H3. The van der Waals surface area contributed by atoms with E-state index in [0.29, 0.717) is 18.7 Å². The number of hydrogen-bond donors (Lipinski definition) is 1. The zero-order valence-corrected chi connectivity index (χ0v) is 10.6. The Morgan fingerprint density at radius 2 is 1.79 bits per heavy atom. The number of rotatable bonds is 5. The molecule has 0 saturated carbocycles. The predicted octanol–water partition coefficient (Wildman–Crippen LogP) is 3.76. The van der Waals surface area contributed by atoms with Gasteiger partial charge in [0.05, 0.1) is 0 Å². The molecule has 2 aromatic rings. The van der Waals surface area contributed by atoms with Gasteiger partial charge in [0.1, 0.15) is 23.9 Å². The van der Waals surface area contributed by atoms with Crippen LogP contribution in [0.1, 0.15) is 5.56 Å². The summed E-state index contributed by atoms with van der Waals surface area (Å²) >= 11 is 0. The Kier molecular flexibility index (Phi) is 4.34. The molecule has 0 unspecified atom stereocenters. The van der Waals surface area contributed by atoms with Gasteiger partial charge in [0.25, 0.3) is 0 Å². The fourth-order valence-corrected chi connectivity index (χ4v) is 1.68. The third kappa shape index (κ3) is 3.44. The Bertz CT molecular complexity index is 543. The van der Waals surface area contributed by atoms with Crippen molar-refractivity contribution in [2.24, 2.45) is 0 Å². The Morgan fingerprint density at radius 3 is 2.53 bits per heavy atom. The maximum absolute atomic E-state index is 13.7. The first-order valence-electron chi connectivity index (χ1n) is 6.05. The van der Waals surface area contributed by atoms with Crippen molar-refractivity contribution in [3.8, 4) is 5.75 Å². The molecule has 2 nitrogen and oxygen atoms in total. The number of nitrogens with one attached hydrogen (secondary N) is 1. The number of anilines is 1. The molecule has 0 atom stereocenters. The Morgan fingerprint density at radius 1 is 1.05 bits per heavy atom. The molecule has 0 heterocycles. The molecule has 19 heavy (non-hydrogen) atoms. The van der Waals surface area contributed by atoms with E-state index in [-0.39, 0.29) is 5.69 Å². The van der Waals surface area contributed by atoms with Crippen LogP contribution in [0.5, 0.6) is 5.75 Å². The van der Waals surface area contributed by atoms with E-state index in [1.165, 1.54) is 12.1 Å². The van der Waals surface area contributed by atoms with Crippen LogP contribution in [0, 0.1) is 18.6 Å². The average molecular weight is 263 g/mol. The van der Waals surface area contributed by atoms with E-state index in [9.17, 15) is 8.78 Å². The van der Waals surface area contributed by atoms with Gasteiger partial charge in [-0.1, -0.05) is 24.3 Å². The Balaban J connectivity index is 1.88. The highest BCUT2D eigenvalue weighted by atomic mass is 19.1. The van der Waals surface area contributed by atoms with E-state index in [1.54, 1.807) is 6.92 Å². The number of aryl methyl sites for hydroxylation is 1. The van der Waals surface area contributed by atoms with Crippen LogP contribution >= 0.6 is 0 Å². The molecule has 0 aliphatic heterocycles. The van der Waals surface area contributed by atoms with E-state index < -0.39 is 11.6 Å². The van der Waals surface area contributed by atoms with Crippen LogP contribution in [-0.4, -0.2) is 13.2 Å². The summed E-state index contributed by atoms with van der Waals surface area (Å²) in [7, 11) is 0. The summed E-state index contributed by atoms with van der Waals surface area (Å²) in [6.45, 7) is 2.25. The second kappa shape index (κ2) is 6.18. The van der Waals surface area contributed by atoms with Crippen molar-refractivity contribution in [3.63, 3.8) is 0 Å². The van der Waals surface area contributed by atoms with Crippen molar-refractivity contribution in [1.29, 1.82) is 0 Å². The van der Waals surface area contributed by atoms with E-state index in [1.807, 2.05) is 30.3 Å². The van der Waals surface area contributed by atoms with E-state index >= 15 is 0 Å². The summed E-state index contributed by atoms with van der Waals surface area (Å²) in [5.41, 5.74) is 0.310. The zero-order chi connectivity index (χ0) is 13.7. The van der Waals surface area contributed by atoms with Crippen LogP contribution in [0.4, 0.5) is 14.5 Å². The molecule has 1 N–H and O–H groups in total. The van der Waals surface area contributed by atoms with Gasteiger partial charge in [0.2, 0.25) is 0 Å². The van der Waals surface area contributed by atoms with Gasteiger partial charge in [0, 0.05) is 6.54 Å². The normalized spacial score (nSPS) is 10.3. The van der Waals surface area contributed by atoms with Crippen molar-refractivity contribution in [2.75, 3.05) is 18.5 Å². The maximum atomic E-state index is 13.7. The van der Waals surface area contributed by atoms with Gasteiger partial charge >= 0.3 is 0 Å². The topological polar surface area (TPSA) is 21.3 Å². The molecule has 2 aromatic carbocycles. The summed E-state index contributed by atoms with van der Waals surface area (Å²) < 4.78 is 32.5. The first-order chi connectivity index (χ1) is 9.18. The third-order valence-corrected chi connectivity index (χ3v) is 2.70. The number of ether oxygens (including phenoxy) is 1. The molecule has 0 saturated heterocycles. The van der Waals surface area contributed by atoms with Gasteiger partial charge in [-0.05, 0) is 30.7 Å². The summed E-state index contributed by atoms with van der Waals surface area (Å²) in [4.78, 5) is 0. The van der Waals surface area contributed by atoms with Crippen molar-refractivity contribution in [3.05, 3.63) is 59.7 Å². The van der Waals surface area contributed by atoms with Crippen LogP contribution < -0.4 is 10.1 Å². The molecule has 2 rings (SSSR count). The molecular formula is C15H15F2NO. The highest BCUT2D eigenvalue weighted by molar-refractivity contribution is 5.48. The SMILES string of the molecule is Cc1ccc(F)c(NCCOc2ccccc2)c1F. The van der Waals surface area contributed by atoms with Crippen LogP contribution in [0.25, 0.3) is 0 Å². The summed E-state index contributed by atoms with van der Waals surface area (Å²) in [5.74, 6) is -0.419. The van der Waals surface area contributed by atoms with E-state index in [4.69, 9.17) is 4.74 Å². The van der Waals surface area contributed by atoms with Crippen LogP contribution in [0.3, 0.4) is 0 Å². The fourth-order valence-electron chi connectivity index (χ4n) is 1.68. The van der Waals surface area contributed by atoms with Crippen LogP contribution in [0.15, 0.2) is 42.5 Å². The first-order valence-corrected chi connectivity index (χ1v) is 6.05. The number of hydrogen-bond acceptors (Lipinski definition) is 2. The lowest BCUT2D eigenvalue weighted by molar-refractivity contribution is 0.332. The monoisotopic (exact) mass is 263 g/mol. The second-order valence-corrected chi connectivity index (χ2v) is 4.14. The lowest BCUT2D eigenvalue weighted by Crippen LogP contribution is -2.13. The average Bonchev–Trinajstić information content (AvgIpc) is 2.43. The van der Waals surface area contributed by atoms with Crippen molar-refractivity contribution in [2.45, 2.75) is 6.92 Å². The van der Waals surface area contributed by atoms with Crippen LogP contribution in [-0.2, 0) is 0 Å². The number of benzene rings is 2. The minimum absolute atomic E-state index is 0.100. The Labute approximate surface area is 111 Å². The molecule has 4 heteroatoms. The van der Waals surface area contributed by atoms with E-state index in [0.717, 1.165) is 5.75 Å². The molecule has 0 amide bonds. The highest BCUT2D eigenvalue weighted by Crippen LogP contribution is 2.21. The largest absolute Gasteiger partial charge is 0.492 e. The van der Waals surface area contributed by atoms with Gasteiger partial charge in [-0.25, -0.2) is 8.78 Å². The fraction of sp³-hybridized carbons (Fsp3) is 0.200. The lowest BCUT2D eigenvalue weighted by Gasteiger charge is -2.11. The zero-order valence-electron chi connectivity index (χ0n) is 10.6. The van der Waals surface area contributed by atoms with Gasteiger partial charge < -0.3 is 10.1 Å². The summed E-state index contributed by atoms with van der Waals surface area (Å²) in [5, 5.41) is 2.72. The third-order valence-electron chi connectivity index (χ3n) is 2.70. The van der Waals surface area contributed by atoms with E-state index in [2.05, 4.69) is 5.32 Å². The molecule has 0 aliphatic carbocycles. The van der Waals surface area contributed by atoms with Crippen molar-refractivity contribution < 1.29 is 13.5 Å². The molecule has 0 fully saturated rings. The van der Waals surface area contributed by atoms with Crippen LogP contribution in [0.2, 0.25) is 0 Å². The molecule has 0 spiro atoms. The number of halogens is 2. The van der Waals surface area contributed by atoms with Gasteiger partial charge in [-0.2, -0.15) is 0 Å².